The predicted octanol–water partition coefficient (Wildman–Crippen LogP) is 3.63. The van der Waals surface area contributed by atoms with E-state index in [0.29, 0.717) is 5.56 Å². The van der Waals surface area contributed by atoms with Gasteiger partial charge in [-0.3, -0.25) is 9.78 Å². The van der Waals surface area contributed by atoms with Crippen LogP contribution < -0.4 is 0 Å². The van der Waals surface area contributed by atoms with Crippen LogP contribution in [0, 0.1) is 6.92 Å². The SMILES string of the molecule is Cc1cnc(-c2cccc(Br)c2)c(C=O)c1. The third-order valence-electron chi connectivity index (χ3n) is 2.28. The van der Waals surface area contributed by atoms with Crippen molar-refractivity contribution in [1.29, 1.82) is 0 Å². The zero-order valence-corrected chi connectivity index (χ0v) is 10.4. The summed E-state index contributed by atoms with van der Waals surface area (Å²) in [5.41, 5.74) is 3.28. The van der Waals surface area contributed by atoms with E-state index in [1.54, 1.807) is 6.20 Å². The fourth-order valence-electron chi connectivity index (χ4n) is 1.56. The molecular formula is C13H10BrNO. The average Bonchev–Trinajstić information content (AvgIpc) is 2.28. The molecule has 0 spiro atoms. The molecule has 0 atom stereocenters. The minimum Gasteiger partial charge on any atom is -0.298 e. The van der Waals surface area contributed by atoms with E-state index in [2.05, 4.69) is 20.9 Å². The maximum atomic E-state index is 11.0. The van der Waals surface area contributed by atoms with Crippen molar-refractivity contribution >= 4 is 22.2 Å². The number of nitrogens with zero attached hydrogens (tertiary/aromatic N) is 1. The first-order valence-electron chi connectivity index (χ1n) is 4.88. The van der Waals surface area contributed by atoms with Gasteiger partial charge in [0.25, 0.3) is 0 Å². The van der Waals surface area contributed by atoms with Crippen molar-refractivity contribution in [3.05, 3.63) is 52.1 Å². The lowest BCUT2D eigenvalue weighted by Gasteiger charge is -2.05. The van der Waals surface area contributed by atoms with Crippen LogP contribution in [0.2, 0.25) is 0 Å². The molecule has 3 heteroatoms. The van der Waals surface area contributed by atoms with Gasteiger partial charge in [0.15, 0.2) is 6.29 Å². The highest BCUT2D eigenvalue weighted by Crippen LogP contribution is 2.23. The molecule has 0 bridgehead atoms. The van der Waals surface area contributed by atoms with Crippen molar-refractivity contribution in [2.24, 2.45) is 0 Å². The quantitative estimate of drug-likeness (QED) is 0.784. The Morgan fingerprint density at radius 3 is 2.81 bits per heavy atom. The molecule has 1 heterocycles. The molecule has 16 heavy (non-hydrogen) atoms. The van der Waals surface area contributed by atoms with E-state index in [0.717, 1.165) is 27.6 Å². The molecule has 2 rings (SSSR count). The van der Waals surface area contributed by atoms with Crippen LogP contribution >= 0.6 is 15.9 Å². The molecule has 0 fully saturated rings. The van der Waals surface area contributed by atoms with Crippen LogP contribution in [-0.4, -0.2) is 11.3 Å². The number of halogens is 1. The first kappa shape index (κ1) is 11.0. The lowest BCUT2D eigenvalue weighted by molar-refractivity contribution is 0.112. The minimum atomic E-state index is 0.623. The van der Waals surface area contributed by atoms with Crippen LogP contribution in [0.5, 0.6) is 0 Å². The van der Waals surface area contributed by atoms with Crippen LogP contribution in [-0.2, 0) is 0 Å². The Morgan fingerprint density at radius 1 is 1.31 bits per heavy atom. The number of hydrogen-bond donors (Lipinski definition) is 0. The number of aryl methyl sites for hydroxylation is 1. The second-order valence-corrected chi connectivity index (χ2v) is 4.49. The monoisotopic (exact) mass is 275 g/mol. The van der Waals surface area contributed by atoms with Gasteiger partial charge in [-0.2, -0.15) is 0 Å². The van der Waals surface area contributed by atoms with Crippen LogP contribution in [0.4, 0.5) is 0 Å². The number of hydrogen-bond acceptors (Lipinski definition) is 2. The normalized spacial score (nSPS) is 10.1. The fourth-order valence-corrected chi connectivity index (χ4v) is 1.96. The van der Waals surface area contributed by atoms with Gasteiger partial charge >= 0.3 is 0 Å². The molecule has 0 radical (unpaired) electrons. The summed E-state index contributed by atoms with van der Waals surface area (Å²) in [6.45, 7) is 1.92. The van der Waals surface area contributed by atoms with Crippen molar-refractivity contribution in [3.63, 3.8) is 0 Å². The Morgan fingerprint density at radius 2 is 2.12 bits per heavy atom. The number of carbonyl (C=O) groups is 1. The number of rotatable bonds is 2. The largest absolute Gasteiger partial charge is 0.298 e. The molecule has 0 saturated carbocycles. The number of pyridine rings is 1. The Hall–Kier alpha value is -1.48. The van der Waals surface area contributed by atoms with Crippen LogP contribution in [0.1, 0.15) is 15.9 Å². The molecule has 2 nitrogen and oxygen atoms in total. The fraction of sp³-hybridized carbons (Fsp3) is 0.0769. The van der Waals surface area contributed by atoms with Crippen molar-refractivity contribution in [3.8, 4) is 11.3 Å². The highest BCUT2D eigenvalue weighted by molar-refractivity contribution is 9.10. The van der Waals surface area contributed by atoms with Gasteiger partial charge in [0.05, 0.1) is 5.69 Å². The van der Waals surface area contributed by atoms with E-state index in [9.17, 15) is 4.79 Å². The van der Waals surface area contributed by atoms with E-state index < -0.39 is 0 Å². The molecule has 1 aromatic heterocycles. The summed E-state index contributed by atoms with van der Waals surface area (Å²) in [6, 6.07) is 9.60. The topological polar surface area (TPSA) is 30.0 Å². The van der Waals surface area contributed by atoms with Gasteiger partial charge < -0.3 is 0 Å². The number of carbonyl (C=O) groups excluding carboxylic acids is 1. The van der Waals surface area contributed by atoms with Crippen LogP contribution in [0.25, 0.3) is 11.3 Å². The van der Waals surface area contributed by atoms with Gasteiger partial charge in [0.1, 0.15) is 0 Å². The Labute approximate surface area is 102 Å². The molecule has 2 aromatic rings. The number of benzene rings is 1. The Balaban J connectivity index is 2.59. The summed E-state index contributed by atoms with van der Waals surface area (Å²) >= 11 is 3.40. The number of aromatic nitrogens is 1. The van der Waals surface area contributed by atoms with Gasteiger partial charge in [-0.05, 0) is 30.7 Å². The standard InChI is InChI=1S/C13H10BrNO/c1-9-5-11(8-16)13(15-7-9)10-3-2-4-12(14)6-10/h2-8H,1H3. The summed E-state index contributed by atoms with van der Waals surface area (Å²) in [5, 5.41) is 0. The Kier molecular flexibility index (Phi) is 3.15. The van der Waals surface area contributed by atoms with Crippen molar-refractivity contribution < 1.29 is 4.79 Å². The third kappa shape index (κ3) is 2.19. The van der Waals surface area contributed by atoms with Crippen LogP contribution in [0.3, 0.4) is 0 Å². The molecule has 0 saturated heterocycles. The molecule has 80 valence electrons. The molecule has 0 unspecified atom stereocenters. The summed E-state index contributed by atoms with van der Waals surface area (Å²) in [7, 11) is 0. The summed E-state index contributed by atoms with van der Waals surface area (Å²) in [5.74, 6) is 0. The van der Waals surface area contributed by atoms with E-state index >= 15 is 0 Å². The third-order valence-corrected chi connectivity index (χ3v) is 2.77. The van der Waals surface area contributed by atoms with Crippen molar-refractivity contribution in [2.45, 2.75) is 6.92 Å². The van der Waals surface area contributed by atoms with E-state index in [1.165, 1.54) is 0 Å². The molecule has 0 aliphatic heterocycles. The van der Waals surface area contributed by atoms with Gasteiger partial charge in [0.2, 0.25) is 0 Å². The summed E-state index contributed by atoms with van der Waals surface area (Å²) in [4.78, 5) is 15.3. The second kappa shape index (κ2) is 4.58. The van der Waals surface area contributed by atoms with Crippen molar-refractivity contribution in [1.82, 2.24) is 4.98 Å². The summed E-state index contributed by atoms with van der Waals surface area (Å²) in [6.07, 6.45) is 2.61. The van der Waals surface area contributed by atoms with Gasteiger partial charge in [-0.15, -0.1) is 0 Å². The van der Waals surface area contributed by atoms with Crippen LogP contribution in [0.15, 0.2) is 41.0 Å². The maximum Gasteiger partial charge on any atom is 0.152 e. The number of aldehydes is 1. The molecule has 0 aliphatic carbocycles. The Bertz CT molecular complexity index is 537. The molecule has 0 N–H and O–H groups in total. The van der Waals surface area contributed by atoms with Crippen molar-refractivity contribution in [2.75, 3.05) is 0 Å². The summed E-state index contributed by atoms with van der Waals surface area (Å²) < 4.78 is 0.976. The molecule has 1 aromatic carbocycles. The lowest BCUT2D eigenvalue weighted by atomic mass is 10.1. The van der Waals surface area contributed by atoms with E-state index in [4.69, 9.17) is 0 Å². The highest BCUT2D eigenvalue weighted by Gasteiger charge is 2.06. The van der Waals surface area contributed by atoms with Gasteiger partial charge in [-0.1, -0.05) is 28.1 Å². The average molecular weight is 276 g/mol. The smallest absolute Gasteiger partial charge is 0.152 e. The highest BCUT2D eigenvalue weighted by atomic mass is 79.9. The van der Waals surface area contributed by atoms with Gasteiger partial charge in [0, 0.05) is 21.8 Å². The zero-order chi connectivity index (χ0) is 11.5. The zero-order valence-electron chi connectivity index (χ0n) is 8.77. The molecule has 0 aliphatic rings. The van der Waals surface area contributed by atoms with E-state index in [1.807, 2.05) is 37.3 Å². The molecular weight excluding hydrogens is 266 g/mol. The lowest BCUT2D eigenvalue weighted by Crippen LogP contribution is -1.92. The first-order chi connectivity index (χ1) is 7.70. The first-order valence-corrected chi connectivity index (χ1v) is 5.68. The minimum absolute atomic E-state index is 0.623. The second-order valence-electron chi connectivity index (χ2n) is 3.58. The predicted molar refractivity (Wildman–Crippen MR) is 67.5 cm³/mol. The van der Waals surface area contributed by atoms with Gasteiger partial charge in [-0.25, -0.2) is 0 Å². The molecule has 0 amide bonds. The maximum absolute atomic E-state index is 11.0. The van der Waals surface area contributed by atoms with E-state index in [-0.39, 0.29) is 0 Å².